The first-order valence-electron chi connectivity index (χ1n) is 11.7. The van der Waals surface area contributed by atoms with Gasteiger partial charge in [-0.1, -0.05) is 71.5 Å². The van der Waals surface area contributed by atoms with Crippen LogP contribution in [0.15, 0.2) is 81.7 Å². The van der Waals surface area contributed by atoms with Gasteiger partial charge in [-0.15, -0.1) is 0 Å². The number of thiazole rings is 1. The van der Waals surface area contributed by atoms with Gasteiger partial charge in [0.15, 0.2) is 4.80 Å². The molecule has 6 nitrogen and oxygen atoms in total. The molecule has 0 saturated carbocycles. The zero-order chi connectivity index (χ0) is 25.4. The Morgan fingerprint density at radius 3 is 2.56 bits per heavy atom. The first kappa shape index (κ1) is 23.8. The van der Waals surface area contributed by atoms with Crippen molar-refractivity contribution in [3.63, 3.8) is 0 Å². The number of rotatable bonds is 5. The zero-order valence-corrected chi connectivity index (χ0v) is 21.4. The molecule has 2 heterocycles. The summed E-state index contributed by atoms with van der Waals surface area (Å²) in [5.41, 5.74) is 3.44. The SMILES string of the molecule is CCOC(=O)C1=C(C)N=c2s/c(=C/c3ccc(C)cc3)c(=O)n2[C@@H]1c1c(OC)ccc2ccccc12. The molecule has 4 aromatic rings. The molecule has 0 N–H and O–H groups in total. The fourth-order valence-electron chi connectivity index (χ4n) is 4.61. The highest BCUT2D eigenvalue weighted by atomic mass is 32.1. The molecule has 7 heteroatoms. The summed E-state index contributed by atoms with van der Waals surface area (Å²) < 4.78 is 13.4. The fourth-order valence-corrected chi connectivity index (χ4v) is 5.66. The average molecular weight is 499 g/mol. The van der Waals surface area contributed by atoms with Crippen LogP contribution in [0.3, 0.4) is 0 Å². The van der Waals surface area contributed by atoms with E-state index in [4.69, 9.17) is 9.47 Å². The second-order valence-electron chi connectivity index (χ2n) is 8.62. The van der Waals surface area contributed by atoms with Gasteiger partial charge in [0.25, 0.3) is 5.56 Å². The van der Waals surface area contributed by atoms with E-state index >= 15 is 0 Å². The summed E-state index contributed by atoms with van der Waals surface area (Å²) in [5, 5.41) is 1.87. The smallest absolute Gasteiger partial charge is 0.338 e. The molecular weight excluding hydrogens is 472 g/mol. The molecular formula is C29H26N2O4S. The van der Waals surface area contributed by atoms with Gasteiger partial charge < -0.3 is 9.47 Å². The van der Waals surface area contributed by atoms with E-state index in [9.17, 15) is 9.59 Å². The van der Waals surface area contributed by atoms with Crippen LogP contribution in [0.2, 0.25) is 0 Å². The number of ether oxygens (including phenoxy) is 2. The van der Waals surface area contributed by atoms with E-state index in [1.54, 1.807) is 25.5 Å². The molecule has 1 atom stereocenters. The molecule has 0 unspecified atom stereocenters. The lowest BCUT2D eigenvalue weighted by molar-refractivity contribution is -0.139. The van der Waals surface area contributed by atoms with Crippen molar-refractivity contribution >= 4 is 34.2 Å². The molecule has 5 rings (SSSR count). The summed E-state index contributed by atoms with van der Waals surface area (Å²) in [7, 11) is 1.59. The summed E-state index contributed by atoms with van der Waals surface area (Å²) >= 11 is 1.31. The first-order chi connectivity index (χ1) is 17.4. The Bertz CT molecular complexity index is 1690. The van der Waals surface area contributed by atoms with E-state index in [0.717, 1.165) is 27.5 Å². The third-order valence-electron chi connectivity index (χ3n) is 6.32. The molecule has 0 aliphatic carbocycles. The van der Waals surface area contributed by atoms with E-state index in [2.05, 4.69) is 4.99 Å². The van der Waals surface area contributed by atoms with Gasteiger partial charge >= 0.3 is 5.97 Å². The number of allylic oxidation sites excluding steroid dienone is 1. The van der Waals surface area contributed by atoms with Crippen molar-refractivity contribution in [3.8, 4) is 5.75 Å². The molecule has 1 aliphatic rings. The van der Waals surface area contributed by atoms with Crippen molar-refractivity contribution in [3.05, 3.63) is 108 Å². The Morgan fingerprint density at radius 2 is 1.83 bits per heavy atom. The minimum atomic E-state index is -0.749. The standard InChI is InChI=1S/C29H26N2O4S/c1-5-35-28(33)24-18(3)30-29-31(27(32)23(36-29)16-19-12-10-17(2)11-13-19)26(24)25-21-9-7-6-8-20(21)14-15-22(25)34-4/h6-16,26H,5H2,1-4H3/b23-16+/t26-/m0/s1. The van der Waals surface area contributed by atoms with E-state index in [1.165, 1.54) is 11.3 Å². The van der Waals surface area contributed by atoms with Crippen LogP contribution in [0.25, 0.3) is 16.8 Å². The number of aryl methyl sites for hydroxylation is 1. The van der Waals surface area contributed by atoms with Gasteiger partial charge in [0.2, 0.25) is 0 Å². The second-order valence-corrected chi connectivity index (χ2v) is 9.62. The number of hydrogen-bond donors (Lipinski definition) is 0. The van der Waals surface area contributed by atoms with Crippen molar-refractivity contribution < 1.29 is 14.3 Å². The number of esters is 1. The van der Waals surface area contributed by atoms with Crippen molar-refractivity contribution in [2.24, 2.45) is 4.99 Å². The summed E-state index contributed by atoms with van der Waals surface area (Å²) in [6.45, 7) is 5.79. The third kappa shape index (κ3) is 4.05. The lowest BCUT2D eigenvalue weighted by Crippen LogP contribution is -2.40. The molecule has 0 radical (unpaired) electrons. The second kappa shape index (κ2) is 9.59. The quantitative estimate of drug-likeness (QED) is 0.386. The van der Waals surface area contributed by atoms with E-state index in [1.807, 2.05) is 73.7 Å². The highest BCUT2D eigenvalue weighted by Crippen LogP contribution is 2.40. The topological polar surface area (TPSA) is 69.9 Å². The molecule has 1 aliphatic heterocycles. The van der Waals surface area contributed by atoms with Crippen molar-refractivity contribution in [1.29, 1.82) is 0 Å². The van der Waals surface area contributed by atoms with Crippen LogP contribution >= 0.6 is 11.3 Å². The number of fused-ring (bicyclic) bond motifs is 2. The number of carbonyl (C=O) groups excluding carboxylic acids is 1. The van der Waals surface area contributed by atoms with Gasteiger partial charge in [0, 0.05) is 5.56 Å². The van der Waals surface area contributed by atoms with Gasteiger partial charge in [-0.2, -0.15) is 0 Å². The minimum absolute atomic E-state index is 0.214. The van der Waals surface area contributed by atoms with Crippen molar-refractivity contribution in [2.75, 3.05) is 13.7 Å². The van der Waals surface area contributed by atoms with Crippen LogP contribution in [-0.2, 0) is 9.53 Å². The first-order valence-corrected chi connectivity index (χ1v) is 12.6. The highest BCUT2D eigenvalue weighted by Gasteiger charge is 2.36. The molecule has 0 bridgehead atoms. The Balaban J connectivity index is 1.84. The van der Waals surface area contributed by atoms with Gasteiger partial charge in [-0.3, -0.25) is 9.36 Å². The molecule has 1 aromatic heterocycles. The lowest BCUT2D eigenvalue weighted by atomic mass is 9.90. The summed E-state index contributed by atoms with van der Waals surface area (Å²) in [6.07, 6.45) is 1.87. The summed E-state index contributed by atoms with van der Waals surface area (Å²) in [5.74, 6) is 0.0925. The third-order valence-corrected chi connectivity index (χ3v) is 7.30. The number of nitrogens with zero attached hydrogens (tertiary/aromatic N) is 2. The number of carbonyl (C=O) groups is 1. The van der Waals surface area contributed by atoms with Gasteiger partial charge in [0.05, 0.1) is 29.5 Å². The van der Waals surface area contributed by atoms with Crippen molar-refractivity contribution in [2.45, 2.75) is 26.8 Å². The van der Waals surface area contributed by atoms with E-state index < -0.39 is 12.0 Å². The minimum Gasteiger partial charge on any atom is -0.496 e. The Labute approximate surface area is 212 Å². The average Bonchev–Trinajstić information content (AvgIpc) is 3.18. The summed E-state index contributed by atoms with van der Waals surface area (Å²) in [4.78, 5) is 32.4. The van der Waals surface area contributed by atoms with E-state index in [0.29, 0.717) is 26.4 Å². The summed E-state index contributed by atoms with van der Waals surface area (Å²) in [6, 6.07) is 18.9. The van der Waals surface area contributed by atoms with Crippen molar-refractivity contribution in [1.82, 2.24) is 4.57 Å². The number of methoxy groups -OCH3 is 1. The Hall–Kier alpha value is -3.97. The maximum Gasteiger partial charge on any atom is 0.338 e. The number of benzene rings is 3. The number of hydrogen-bond acceptors (Lipinski definition) is 6. The molecule has 0 spiro atoms. The lowest BCUT2D eigenvalue weighted by Gasteiger charge is -2.27. The van der Waals surface area contributed by atoms with Gasteiger partial charge in [0.1, 0.15) is 11.8 Å². The highest BCUT2D eigenvalue weighted by molar-refractivity contribution is 7.07. The molecule has 3 aromatic carbocycles. The number of aromatic nitrogens is 1. The van der Waals surface area contributed by atoms with Crippen LogP contribution in [0, 0.1) is 6.92 Å². The Kier molecular flexibility index (Phi) is 6.33. The molecule has 182 valence electrons. The van der Waals surface area contributed by atoms with Crippen LogP contribution in [-0.4, -0.2) is 24.3 Å². The largest absolute Gasteiger partial charge is 0.496 e. The molecule has 0 saturated heterocycles. The van der Waals surface area contributed by atoms with Gasteiger partial charge in [-0.25, -0.2) is 9.79 Å². The fraction of sp³-hybridized carbons (Fsp3) is 0.207. The monoisotopic (exact) mass is 498 g/mol. The normalized spacial score (nSPS) is 15.6. The van der Waals surface area contributed by atoms with E-state index in [-0.39, 0.29) is 12.2 Å². The Morgan fingerprint density at radius 1 is 1.08 bits per heavy atom. The molecule has 0 amide bonds. The maximum absolute atomic E-state index is 13.9. The maximum atomic E-state index is 13.9. The van der Waals surface area contributed by atoms with Crippen LogP contribution in [0.4, 0.5) is 0 Å². The molecule has 36 heavy (non-hydrogen) atoms. The predicted octanol–water partition coefficient (Wildman–Crippen LogP) is 4.27. The van der Waals surface area contributed by atoms with Crippen LogP contribution < -0.4 is 19.6 Å². The van der Waals surface area contributed by atoms with Gasteiger partial charge in [-0.05, 0) is 49.2 Å². The van der Waals surface area contributed by atoms with Crippen LogP contribution in [0.1, 0.15) is 36.6 Å². The predicted molar refractivity (Wildman–Crippen MR) is 142 cm³/mol. The zero-order valence-electron chi connectivity index (χ0n) is 20.6. The van der Waals surface area contributed by atoms with Crippen LogP contribution in [0.5, 0.6) is 5.75 Å². The molecule has 0 fully saturated rings.